The van der Waals surface area contributed by atoms with Crippen LogP contribution in [0, 0.1) is 6.92 Å². The van der Waals surface area contributed by atoms with E-state index in [1.165, 1.54) is 6.42 Å². The third kappa shape index (κ3) is 6.23. The molecule has 1 aliphatic rings. The van der Waals surface area contributed by atoms with Gasteiger partial charge in [-0.3, -0.25) is 9.59 Å². The topological polar surface area (TPSA) is 58.6 Å². The van der Waals surface area contributed by atoms with Gasteiger partial charge in [-0.25, -0.2) is 0 Å². The van der Waals surface area contributed by atoms with Crippen molar-refractivity contribution < 1.29 is 14.3 Å². The highest BCUT2D eigenvalue weighted by Crippen LogP contribution is 2.33. The summed E-state index contributed by atoms with van der Waals surface area (Å²) in [4.78, 5) is 28.2. The van der Waals surface area contributed by atoms with Crippen LogP contribution in [0.25, 0.3) is 10.8 Å². The van der Waals surface area contributed by atoms with Crippen molar-refractivity contribution in [3.63, 3.8) is 0 Å². The second-order valence-electron chi connectivity index (χ2n) is 9.36. The van der Waals surface area contributed by atoms with E-state index in [0.717, 1.165) is 52.1 Å². The number of amides is 2. The highest BCUT2D eigenvalue weighted by Gasteiger charge is 2.29. The lowest BCUT2D eigenvalue weighted by atomic mass is 9.95. The number of hydrogen-bond acceptors (Lipinski definition) is 3. The summed E-state index contributed by atoms with van der Waals surface area (Å²) in [7, 11) is 0. The van der Waals surface area contributed by atoms with Crippen molar-refractivity contribution in [3.8, 4) is 5.75 Å². The highest BCUT2D eigenvalue weighted by molar-refractivity contribution is 9.10. The van der Waals surface area contributed by atoms with E-state index in [9.17, 15) is 9.59 Å². The summed E-state index contributed by atoms with van der Waals surface area (Å²) in [5, 5.41) is 5.29. The van der Waals surface area contributed by atoms with Crippen LogP contribution < -0.4 is 10.1 Å². The average Bonchev–Trinajstić information content (AvgIpc) is 2.88. The quantitative estimate of drug-likeness (QED) is 0.375. The normalized spacial score (nSPS) is 14.9. The summed E-state index contributed by atoms with van der Waals surface area (Å²) in [6, 6.07) is 19.4. The molecule has 5 nitrogen and oxygen atoms in total. The first-order chi connectivity index (χ1) is 16.9. The maximum atomic E-state index is 13.5. The standard InChI is InChI=1S/C29H33BrN2O3/c1-20-10-6-7-12-23(20)18-32(21(2)29(34)31-24-13-4-3-5-14-24)27(33)19-35-26-17-16-22-11-8-9-15-25(22)28(26)30/h6-12,15-17,21,24H,3-5,13-14,18-19H2,1-2H3,(H,31,34). The van der Waals surface area contributed by atoms with Gasteiger partial charge in [-0.2, -0.15) is 0 Å². The van der Waals surface area contributed by atoms with Crippen molar-refractivity contribution in [2.24, 2.45) is 0 Å². The third-order valence-electron chi connectivity index (χ3n) is 6.90. The van der Waals surface area contributed by atoms with Crippen LogP contribution in [-0.2, 0) is 16.1 Å². The van der Waals surface area contributed by atoms with Gasteiger partial charge in [-0.05, 0) is 70.6 Å². The van der Waals surface area contributed by atoms with Gasteiger partial charge in [-0.1, -0.05) is 73.9 Å². The fourth-order valence-corrected chi connectivity index (χ4v) is 5.28. The number of carbonyl (C=O) groups is 2. The molecule has 1 unspecified atom stereocenters. The minimum Gasteiger partial charge on any atom is -0.483 e. The number of nitrogens with one attached hydrogen (secondary N) is 1. The first-order valence-corrected chi connectivity index (χ1v) is 13.2. The number of halogens is 1. The molecule has 1 atom stereocenters. The molecule has 3 aromatic rings. The van der Waals surface area contributed by atoms with Gasteiger partial charge in [0.25, 0.3) is 5.91 Å². The van der Waals surface area contributed by atoms with Gasteiger partial charge in [0.05, 0.1) is 4.47 Å². The molecule has 3 aromatic carbocycles. The lowest BCUT2D eigenvalue weighted by Crippen LogP contribution is -2.51. The maximum Gasteiger partial charge on any atom is 0.261 e. The number of hydrogen-bond donors (Lipinski definition) is 1. The van der Waals surface area contributed by atoms with Crippen LogP contribution in [0.15, 0.2) is 65.1 Å². The maximum absolute atomic E-state index is 13.5. The monoisotopic (exact) mass is 536 g/mol. The van der Waals surface area contributed by atoms with Crippen molar-refractivity contribution >= 4 is 38.5 Å². The molecular formula is C29H33BrN2O3. The zero-order valence-corrected chi connectivity index (χ0v) is 22.0. The van der Waals surface area contributed by atoms with Gasteiger partial charge < -0.3 is 15.0 Å². The van der Waals surface area contributed by atoms with Gasteiger partial charge in [0.15, 0.2) is 6.61 Å². The molecule has 2 amide bonds. The van der Waals surface area contributed by atoms with Crippen molar-refractivity contribution in [1.29, 1.82) is 0 Å². The third-order valence-corrected chi connectivity index (χ3v) is 7.72. The van der Waals surface area contributed by atoms with Gasteiger partial charge in [0.1, 0.15) is 11.8 Å². The molecule has 6 heteroatoms. The van der Waals surface area contributed by atoms with Crippen molar-refractivity contribution in [2.75, 3.05) is 6.61 Å². The van der Waals surface area contributed by atoms with E-state index in [2.05, 4.69) is 21.2 Å². The molecular weight excluding hydrogens is 504 g/mol. The molecule has 0 heterocycles. The molecule has 35 heavy (non-hydrogen) atoms. The zero-order valence-electron chi connectivity index (χ0n) is 20.4. The van der Waals surface area contributed by atoms with Crippen LogP contribution in [0.3, 0.4) is 0 Å². The summed E-state index contributed by atoms with van der Waals surface area (Å²) in [6.07, 6.45) is 5.51. The lowest BCUT2D eigenvalue weighted by Gasteiger charge is -2.31. The van der Waals surface area contributed by atoms with Crippen LogP contribution >= 0.6 is 15.9 Å². The molecule has 1 saturated carbocycles. The minimum absolute atomic E-state index is 0.106. The molecule has 1 aliphatic carbocycles. The van der Waals surface area contributed by atoms with Crippen LogP contribution in [0.4, 0.5) is 0 Å². The molecule has 0 spiro atoms. The first kappa shape index (κ1) is 25.2. The molecule has 0 aromatic heterocycles. The Balaban J connectivity index is 1.50. The number of fused-ring (bicyclic) bond motifs is 1. The number of nitrogens with zero attached hydrogens (tertiary/aromatic N) is 1. The fraction of sp³-hybridized carbons (Fsp3) is 0.379. The largest absolute Gasteiger partial charge is 0.483 e. The summed E-state index contributed by atoms with van der Waals surface area (Å²) < 4.78 is 6.78. The smallest absolute Gasteiger partial charge is 0.261 e. The Labute approximate surface area is 216 Å². The predicted octanol–water partition coefficient (Wildman–Crippen LogP) is 6.16. The summed E-state index contributed by atoms with van der Waals surface area (Å²) in [6.45, 7) is 4.03. The van der Waals surface area contributed by atoms with E-state index in [1.54, 1.807) is 11.8 Å². The number of ether oxygens (including phenoxy) is 1. The van der Waals surface area contributed by atoms with Gasteiger partial charge in [0.2, 0.25) is 5.91 Å². The Morgan fingerprint density at radius 2 is 1.74 bits per heavy atom. The Kier molecular flexibility index (Phi) is 8.45. The van der Waals surface area contributed by atoms with Crippen molar-refractivity contribution in [3.05, 3.63) is 76.3 Å². The van der Waals surface area contributed by atoms with E-state index in [1.807, 2.05) is 67.6 Å². The molecule has 0 bridgehead atoms. The SMILES string of the molecule is Cc1ccccc1CN(C(=O)COc1ccc2ccccc2c1Br)C(C)C(=O)NC1CCCCC1. The number of rotatable bonds is 8. The van der Waals surface area contributed by atoms with Crippen molar-refractivity contribution in [2.45, 2.75) is 64.6 Å². The number of carbonyl (C=O) groups excluding carboxylic acids is 2. The van der Waals surface area contributed by atoms with Crippen LogP contribution in [0.2, 0.25) is 0 Å². The molecule has 0 radical (unpaired) electrons. The average molecular weight is 537 g/mol. The van der Waals surface area contributed by atoms with Crippen LogP contribution in [-0.4, -0.2) is 35.4 Å². The Hall–Kier alpha value is -2.86. The molecule has 1 fully saturated rings. The van der Waals surface area contributed by atoms with E-state index in [-0.39, 0.29) is 24.5 Å². The summed E-state index contributed by atoms with van der Waals surface area (Å²) >= 11 is 3.63. The number of aryl methyl sites for hydroxylation is 1. The van der Waals surface area contributed by atoms with E-state index in [0.29, 0.717) is 12.3 Å². The van der Waals surface area contributed by atoms with Crippen molar-refractivity contribution in [1.82, 2.24) is 10.2 Å². The molecule has 1 N–H and O–H groups in total. The highest BCUT2D eigenvalue weighted by atomic mass is 79.9. The van der Waals surface area contributed by atoms with Crippen LogP contribution in [0.1, 0.15) is 50.2 Å². The fourth-order valence-electron chi connectivity index (χ4n) is 4.67. The van der Waals surface area contributed by atoms with E-state index < -0.39 is 6.04 Å². The second kappa shape index (κ2) is 11.7. The van der Waals surface area contributed by atoms with E-state index >= 15 is 0 Å². The Bertz CT molecular complexity index is 1190. The number of benzene rings is 3. The van der Waals surface area contributed by atoms with E-state index in [4.69, 9.17) is 4.74 Å². The molecule has 4 rings (SSSR count). The molecule has 184 valence electrons. The van der Waals surface area contributed by atoms with Gasteiger partial charge in [-0.15, -0.1) is 0 Å². The summed E-state index contributed by atoms with van der Waals surface area (Å²) in [5.41, 5.74) is 2.11. The summed E-state index contributed by atoms with van der Waals surface area (Å²) in [5.74, 6) is 0.275. The first-order valence-electron chi connectivity index (χ1n) is 12.4. The second-order valence-corrected chi connectivity index (χ2v) is 10.1. The van der Waals surface area contributed by atoms with Gasteiger partial charge >= 0.3 is 0 Å². The predicted molar refractivity (Wildman–Crippen MR) is 143 cm³/mol. The minimum atomic E-state index is -0.604. The lowest BCUT2D eigenvalue weighted by molar-refractivity contribution is -0.142. The van der Waals surface area contributed by atoms with Gasteiger partial charge in [0, 0.05) is 12.6 Å². The Morgan fingerprint density at radius 1 is 1.03 bits per heavy atom. The molecule has 0 aliphatic heterocycles. The molecule has 0 saturated heterocycles. The Morgan fingerprint density at radius 3 is 2.51 bits per heavy atom. The van der Waals surface area contributed by atoms with Crippen LogP contribution in [0.5, 0.6) is 5.75 Å². The zero-order chi connectivity index (χ0) is 24.8.